The van der Waals surface area contributed by atoms with Gasteiger partial charge in [-0.1, -0.05) is 63.8 Å². The first-order valence-corrected chi connectivity index (χ1v) is 12.2. The van der Waals surface area contributed by atoms with E-state index in [9.17, 15) is 16.8 Å². The van der Waals surface area contributed by atoms with E-state index in [-0.39, 0.29) is 9.79 Å². The number of halogens is 1. The lowest BCUT2D eigenvalue weighted by Crippen LogP contribution is -2.40. The Kier molecular flexibility index (Phi) is 6.95. The molecule has 0 saturated carbocycles. The molecule has 3 rings (SSSR count). The van der Waals surface area contributed by atoms with Crippen LogP contribution in [0.25, 0.3) is 0 Å². The van der Waals surface area contributed by atoms with Gasteiger partial charge in [0.1, 0.15) is 0 Å². The van der Waals surface area contributed by atoms with Gasteiger partial charge in [-0.2, -0.15) is 0 Å². The second-order valence-corrected chi connectivity index (χ2v) is 10.8. The van der Waals surface area contributed by atoms with Gasteiger partial charge < -0.3 is 4.74 Å². The van der Waals surface area contributed by atoms with Gasteiger partial charge in [0.15, 0.2) is 0 Å². The van der Waals surface area contributed by atoms with E-state index in [1.54, 1.807) is 36.4 Å². The summed E-state index contributed by atoms with van der Waals surface area (Å²) in [7, 11) is -7.41. The molecule has 0 amide bonds. The summed E-state index contributed by atoms with van der Waals surface area (Å²) < 4.78 is 59.4. The van der Waals surface area contributed by atoms with E-state index in [0.29, 0.717) is 14.3 Å². The molecule has 0 aliphatic carbocycles. The summed E-state index contributed by atoms with van der Waals surface area (Å²) >= 11 is 6.05. The molecular weight excluding hydrogens is 446 g/mol. The maximum Gasteiger partial charge on any atom is 0.256 e. The van der Waals surface area contributed by atoms with E-state index in [0.717, 1.165) is 0 Å². The van der Waals surface area contributed by atoms with Crippen LogP contribution in [0.1, 0.15) is 11.7 Å². The fourth-order valence-electron chi connectivity index (χ4n) is 2.90. The summed E-state index contributed by atoms with van der Waals surface area (Å²) in [6, 6.07) is 21.5. The highest BCUT2D eigenvalue weighted by molar-refractivity contribution is 8.04. The van der Waals surface area contributed by atoms with Crippen molar-refractivity contribution >= 4 is 31.6 Å². The predicted molar refractivity (Wildman–Crippen MR) is 115 cm³/mol. The standard InChI is InChI=1S/C21H20ClNO5S2/c1-28-21(17-9-8-10-18(22)15-17)16-23(29(24,25)19-11-4-2-5-12-19)30(26,27)20-13-6-3-7-14-20/h2-15,21H,16H2,1H3. The lowest BCUT2D eigenvalue weighted by molar-refractivity contribution is 0.0962. The Labute approximate surface area is 181 Å². The van der Waals surface area contributed by atoms with Crippen molar-refractivity contribution in [2.75, 3.05) is 13.7 Å². The highest BCUT2D eigenvalue weighted by atomic mass is 35.5. The van der Waals surface area contributed by atoms with Crippen LogP contribution >= 0.6 is 11.6 Å². The van der Waals surface area contributed by atoms with E-state index < -0.39 is 32.7 Å². The third-order valence-corrected chi connectivity index (χ3v) is 8.96. The monoisotopic (exact) mass is 465 g/mol. The summed E-state index contributed by atoms with van der Waals surface area (Å²) in [6.07, 6.45) is -0.860. The van der Waals surface area contributed by atoms with Crippen LogP contribution in [-0.4, -0.2) is 34.2 Å². The normalized spacial score (nSPS) is 13.3. The Hall–Kier alpha value is -2.23. The molecule has 30 heavy (non-hydrogen) atoms. The van der Waals surface area contributed by atoms with Crippen molar-refractivity contribution in [1.29, 1.82) is 0 Å². The molecule has 0 bridgehead atoms. The van der Waals surface area contributed by atoms with Gasteiger partial charge in [-0.05, 0) is 42.0 Å². The summed E-state index contributed by atoms with van der Waals surface area (Å²) in [5.74, 6) is 0. The summed E-state index contributed by atoms with van der Waals surface area (Å²) in [6.45, 7) is -0.453. The first-order chi connectivity index (χ1) is 14.3. The number of hydrogen-bond acceptors (Lipinski definition) is 5. The Morgan fingerprint density at radius 2 is 1.30 bits per heavy atom. The van der Waals surface area contributed by atoms with E-state index in [4.69, 9.17) is 16.3 Å². The van der Waals surface area contributed by atoms with Crippen molar-refractivity contribution in [3.8, 4) is 0 Å². The Bertz CT molecular complexity index is 1130. The van der Waals surface area contributed by atoms with E-state index in [1.165, 1.54) is 55.6 Å². The predicted octanol–water partition coefficient (Wildman–Crippen LogP) is 4.11. The molecular formula is C21H20ClNO5S2. The molecule has 0 fully saturated rings. The van der Waals surface area contributed by atoms with Gasteiger partial charge in [0.05, 0.1) is 22.4 Å². The molecule has 3 aromatic carbocycles. The zero-order chi connectivity index (χ0) is 21.8. The van der Waals surface area contributed by atoms with Gasteiger partial charge in [-0.15, -0.1) is 0 Å². The largest absolute Gasteiger partial charge is 0.375 e. The van der Waals surface area contributed by atoms with Crippen LogP contribution in [-0.2, 0) is 24.8 Å². The van der Waals surface area contributed by atoms with Gasteiger partial charge in [-0.3, -0.25) is 0 Å². The maximum absolute atomic E-state index is 13.4. The highest BCUT2D eigenvalue weighted by Crippen LogP contribution is 2.29. The molecule has 158 valence electrons. The third kappa shape index (κ3) is 4.74. The van der Waals surface area contributed by atoms with E-state index in [2.05, 4.69) is 0 Å². The highest BCUT2D eigenvalue weighted by Gasteiger charge is 2.38. The molecule has 0 saturated heterocycles. The zero-order valence-corrected chi connectivity index (χ0v) is 18.4. The van der Waals surface area contributed by atoms with Gasteiger partial charge in [0.2, 0.25) is 0 Å². The van der Waals surface area contributed by atoms with Gasteiger partial charge >= 0.3 is 0 Å². The number of ether oxygens (including phenoxy) is 1. The van der Waals surface area contributed by atoms with Crippen molar-refractivity contribution < 1.29 is 21.6 Å². The Balaban J connectivity index is 2.13. The topological polar surface area (TPSA) is 80.8 Å². The fourth-order valence-corrected chi connectivity index (χ4v) is 6.79. The molecule has 0 aliphatic heterocycles. The number of nitrogens with zero attached hydrogens (tertiary/aromatic N) is 1. The zero-order valence-electron chi connectivity index (χ0n) is 16.1. The average molecular weight is 466 g/mol. The quantitative estimate of drug-likeness (QED) is 0.500. The second kappa shape index (κ2) is 9.28. The van der Waals surface area contributed by atoms with Crippen LogP contribution in [0.5, 0.6) is 0 Å². The van der Waals surface area contributed by atoms with Gasteiger partial charge in [0, 0.05) is 12.1 Å². The Morgan fingerprint density at radius 1 is 0.800 bits per heavy atom. The maximum atomic E-state index is 13.4. The molecule has 1 unspecified atom stereocenters. The van der Waals surface area contributed by atoms with E-state index >= 15 is 0 Å². The van der Waals surface area contributed by atoms with Crippen LogP contribution in [0.15, 0.2) is 94.7 Å². The lowest BCUT2D eigenvalue weighted by atomic mass is 10.1. The molecule has 0 radical (unpaired) electrons. The minimum absolute atomic E-state index is 0.134. The lowest BCUT2D eigenvalue weighted by Gasteiger charge is -2.26. The summed E-state index contributed by atoms with van der Waals surface area (Å²) in [5, 5.41) is 0.429. The third-order valence-electron chi connectivity index (χ3n) is 4.44. The molecule has 0 N–H and O–H groups in total. The van der Waals surface area contributed by atoms with Crippen LogP contribution in [0.4, 0.5) is 0 Å². The molecule has 0 aromatic heterocycles. The average Bonchev–Trinajstić information content (AvgIpc) is 2.75. The van der Waals surface area contributed by atoms with Crippen LogP contribution < -0.4 is 0 Å². The second-order valence-electron chi connectivity index (χ2n) is 6.37. The minimum Gasteiger partial charge on any atom is -0.375 e. The molecule has 6 nitrogen and oxygen atoms in total. The SMILES string of the molecule is COC(CN(S(=O)(=O)c1ccccc1)S(=O)(=O)c1ccccc1)c1cccc(Cl)c1. The van der Waals surface area contributed by atoms with Crippen molar-refractivity contribution in [2.45, 2.75) is 15.9 Å². The number of hydrogen-bond donors (Lipinski definition) is 0. The van der Waals surface area contributed by atoms with Crippen molar-refractivity contribution in [3.63, 3.8) is 0 Å². The summed E-state index contributed by atoms with van der Waals surface area (Å²) in [4.78, 5) is -0.268. The van der Waals surface area contributed by atoms with E-state index in [1.807, 2.05) is 0 Å². The summed E-state index contributed by atoms with van der Waals surface area (Å²) in [5.41, 5.74) is 0.557. The van der Waals surface area contributed by atoms with Crippen molar-refractivity contribution in [3.05, 3.63) is 95.5 Å². The molecule has 3 aromatic rings. The number of rotatable bonds is 8. The molecule has 1 atom stereocenters. The van der Waals surface area contributed by atoms with Crippen LogP contribution in [0.2, 0.25) is 5.02 Å². The molecule has 0 spiro atoms. The molecule has 9 heteroatoms. The fraction of sp³-hybridized carbons (Fsp3) is 0.143. The number of methoxy groups -OCH3 is 1. The number of benzene rings is 3. The van der Waals surface area contributed by atoms with Gasteiger partial charge in [-0.25, -0.2) is 16.8 Å². The number of sulfonamides is 2. The van der Waals surface area contributed by atoms with Gasteiger partial charge in [0.25, 0.3) is 20.0 Å². The molecule has 0 aliphatic rings. The smallest absolute Gasteiger partial charge is 0.256 e. The first kappa shape index (κ1) is 22.5. The Morgan fingerprint density at radius 3 is 1.73 bits per heavy atom. The van der Waals surface area contributed by atoms with Crippen LogP contribution in [0, 0.1) is 0 Å². The molecule has 0 heterocycles. The van der Waals surface area contributed by atoms with Crippen molar-refractivity contribution in [2.24, 2.45) is 0 Å². The van der Waals surface area contributed by atoms with Crippen LogP contribution in [0.3, 0.4) is 0 Å². The first-order valence-electron chi connectivity index (χ1n) is 8.93. The van der Waals surface area contributed by atoms with Crippen molar-refractivity contribution in [1.82, 2.24) is 3.71 Å². The minimum atomic E-state index is -4.40.